The Hall–Kier alpha value is 0.0700. The minimum atomic E-state index is 0.322. The van der Waals surface area contributed by atoms with E-state index in [0.717, 1.165) is 21.2 Å². The molecule has 0 spiro atoms. The summed E-state index contributed by atoms with van der Waals surface area (Å²) in [5, 5.41) is 3.54. The molecule has 0 aliphatic heterocycles. The smallest absolute Gasteiger partial charge is 0.0718 e. The monoisotopic (exact) mass is 362 g/mol. The van der Waals surface area contributed by atoms with E-state index in [1.54, 1.807) is 0 Å². The second-order valence-corrected chi connectivity index (χ2v) is 6.09. The lowest BCUT2D eigenvalue weighted by Gasteiger charge is -2.25. The number of hydrogen-bond donors (Lipinski definition) is 1. The number of nitrogens with one attached hydrogen (secondary N) is 1. The van der Waals surface area contributed by atoms with E-state index in [0.29, 0.717) is 12.0 Å². The Balaban J connectivity index is 2.96. The molecule has 0 aromatic carbocycles. The summed E-state index contributed by atoms with van der Waals surface area (Å²) < 4.78 is 2.08. The van der Waals surface area contributed by atoms with Crippen LogP contribution in [0.15, 0.2) is 21.2 Å². The van der Waals surface area contributed by atoms with Crippen LogP contribution in [0, 0.1) is 5.92 Å². The van der Waals surface area contributed by atoms with Crippen LogP contribution >= 0.6 is 31.9 Å². The normalized spacial score (nSPS) is 14.6. The summed E-state index contributed by atoms with van der Waals surface area (Å²) in [6.45, 7) is 7.61. The van der Waals surface area contributed by atoms with Crippen molar-refractivity contribution in [2.24, 2.45) is 5.92 Å². The minimum Gasteiger partial charge on any atom is -0.309 e. The summed E-state index contributed by atoms with van der Waals surface area (Å²) in [5.74, 6) is 0.588. The first-order chi connectivity index (χ1) is 8.10. The first-order valence-corrected chi connectivity index (χ1v) is 7.73. The zero-order valence-corrected chi connectivity index (χ0v) is 13.8. The molecule has 2 unspecified atom stereocenters. The highest BCUT2D eigenvalue weighted by molar-refractivity contribution is 9.11. The van der Waals surface area contributed by atoms with Crippen molar-refractivity contribution in [1.29, 1.82) is 0 Å². The lowest BCUT2D eigenvalue weighted by atomic mass is 9.94. The molecule has 0 saturated carbocycles. The lowest BCUT2D eigenvalue weighted by molar-refractivity contribution is 0.361. The van der Waals surface area contributed by atoms with Crippen molar-refractivity contribution in [3.05, 3.63) is 26.9 Å². The topological polar surface area (TPSA) is 24.9 Å². The Morgan fingerprint density at radius 3 is 2.59 bits per heavy atom. The molecule has 0 saturated heterocycles. The van der Waals surface area contributed by atoms with Crippen LogP contribution in [0.2, 0.25) is 0 Å². The Bertz CT molecular complexity index is 355. The standard InChI is InChI=1S/C13H20Br2N2/c1-4-6-9(3)12(16-5-2)13-11(15)7-10(14)8-17-13/h7-9,12,16H,4-6H2,1-3H3. The van der Waals surface area contributed by atoms with E-state index in [2.05, 4.69) is 69.0 Å². The number of aromatic nitrogens is 1. The van der Waals surface area contributed by atoms with Gasteiger partial charge in [0.1, 0.15) is 0 Å². The molecule has 0 aliphatic rings. The quantitative estimate of drug-likeness (QED) is 0.792. The molecule has 0 aliphatic carbocycles. The van der Waals surface area contributed by atoms with Gasteiger partial charge in [0.2, 0.25) is 0 Å². The molecule has 17 heavy (non-hydrogen) atoms. The minimum absolute atomic E-state index is 0.322. The molecular formula is C13H20Br2N2. The number of pyridine rings is 1. The molecule has 0 fully saturated rings. The van der Waals surface area contributed by atoms with E-state index in [1.807, 2.05) is 6.20 Å². The Kier molecular flexibility index (Phi) is 6.67. The fourth-order valence-corrected chi connectivity index (χ4v) is 3.30. The van der Waals surface area contributed by atoms with E-state index >= 15 is 0 Å². The van der Waals surface area contributed by atoms with E-state index in [1.165, 1.54) is 12.8 Å². The number of nitrogens with zero attached hydrogens (tertiary/aromatic N) is 1. The van der Waals surface area contributed by atoms with E-state index in [4.69, 9.17) is 0 Å². The van der Waals surface area contributed by atoms with Gasteiger partial charge in [-0.3, -0.25) is 4.98 Å². The van der Waals surface area contributed by atoms with Crippen LogP contribution in [-0.4, -0.2) is 11.5 Å². The summed E-state index contributed by atoms with van der Waals surface area (Å²) in [6.07, 6.45) is 4.28. The molecular weight excluding hydrogens is 344 g/mol. The molecule has 1 aromatic heterocycles. The zero-order valence-electron chi connectivity index (χ0n) is 10.6. The van der Waals surface area contributed by atoms with E-state index in [9.17, 15) is 0 Å². The van der Waals surface area contributed by atoms with E-state index in [-0.39, 0.29) is 0 Å². The zero-order chi connectivity index (χ0) is 12.8. The van der Waals surface area contributed by atoms with Gasteiger partial charge in [0.05, 0.1) is 11.7 Å². The van der Waals surface area contributed by atoms with Crippen molar-refractivity contribution in [3.8, 4) is 0 Å². The predicted octanol–water partition coefficient (Wildman–Crippen LogP) is 4.69. The molecule has 1 N–H and O–H groups in total. The van der Waals surface area contributed by atoms with Gasteiger partial charge in [-0.15, -0.1) is 0 Å². The fourth-order valence-electron chi connectivity index (χ4n) is 2.06. The van der Waals surface area contributed by atoms with Crippen molar-refractivity contribution in [1.82, 2.24) is 10.3 Å². The Labute approximate surface area is 121 Å². The van der Waals surface area contributed by atoms with Gasteiger partial charge in [0, 0.05) is 15.1 Å². The van der Waals surface area contributed by atoms with Gasteiger partial charge in [-0.05, 0) is 56.8 Å². The predicted molar refractivity (Wildman–Crippen MR) is 80.1 cm³/mol. The van der Waals surface area contributed by atoms with Gasteiger partial charge in [-0.25, -0.2) is 0 Å². The Morgan fingerprint density at radius 2 is 2.06 bits per heavy atom. The fraction of sp³-hybridized carbons (Fsp3) is 0.615. The van der Waals surface area contributed by atoms with Crippen molar-refractivity contribution < 1.29 is 0 Å². The van der Waals surface area contributed by atoms with E-state index < -0.39 is 0 Å². The molecule has 1 rings (SSSR count). The summed E-state index contributed by atoms with van der Waals surface area (Å²) in [5.41, 5.74) is 1.11. The molecule has 1 aromatic rings. The molecule has 0 bridgehead atoms. The van der Waals surface area contributed by atoms with Gasteiger partial charge in [0.15, 0.2) is 0 Å². The van der Waals surface area contributed by atoms with Crippen LogP contribution in [0.5, 0.6) is 0 Å². The average Bonchev–Trinajstić information content (AvgIpc) is 2.27. The van der Waals surface area contributed by atoms with Gasteiger partial charge in [-0.1, -0.05) is 27.2 Å². The summed E-state index contributed by atoms with van der Waals surface area (Å²) in [7, 11) is 0. The average molecular weight is 364 g/mol. The first kappa shape index (κ1) is 15.1. The lowest BCUT2D eigenvalue weighted by Crippen LogP contribution is -2.28. The molecule has 96 valence electrons. The largest absolute Gasteiger partial charge is 0.309 e. The summed E-state index contributed by atoms with van der Waals surface area (Å²) in [6, 6.07) is 2.38. The third-order valence-electron chi connectivity index (χ3n) is 2.87. The molecule has 0 amide bonds. The van der Waals surface area contributed by atoms with Crippen LogP contribution < -0.4 is 5.32 Å². The molecule has 2 atom stereocenters. The molecule has 0 radical (unpaired) electrons. The van der Waals surface area contributed by atoms with Crippen LogP contribution in [-0.2, 0) is 0 Å². The van der Waals surface area contributed by atoms with Gasteiger partial charge >= 0.3 is 0 Å². The highest BCUT2D eigenvalue weighted by Gasteiger charge is 2.21. The van der Waals surface area contributed by atoms with Gasteiger partial charge in [0.25, 0.3) is 0 Å². The molecule has 4 heteroatoms. The summed E-state index contributed by atoms with van der Waals surface area (Å²) >= 11 is 7.04. The third kappa shape index (κ3) is 4.34. The van der Waals surface area contributed by atoms with Crippen molar-refractivity contribution in [3.63, 3.8) is 0 Å². The maximum atomic E-state index is 4.54. The second-order valence-electron chi connectivity index (χ2n) is 4.32. The highest BCUT2D eigenvalue weighted by atomic mass is 79.9. The second kappa shape index (κ2) is 7.49. The maximum Gasteiger partial charge on any atom is 0.0718 e. The number of rotatable bonds is 6. The SMILES string of the molecule is CCCC(C)C(NCC)c1ncc(Br)cc1Br. The van der Waals surface area contributed by atoms with Crippen LogP contribution in [0.25, 0.3) is 0 Å². The van der Waals surface area contributed by atoms with Crippen LogP contribution in [0.4, 0.5) is 0 Å². The maximum absolute atomic E-state index is 4.54. The third-order valence-corrected chi connectivity index (χ3v) is 3.94. The Morgan fingerprint density at radius 1 is 1.35 bits per heavy atom. The van der Waals surface area contributed by atoms with Crippen molar-refractivity contribution in [2.45, 2.75) is 39.7 Å². The molecule has 1 heterocycles. The number of halogens is 2. The highest BCUT2D eigenvalue weighted by Crippen LogP contribution is 2.30. The van der Waals surface area contributed by atoms with Gasteiger partial charge < -0.3 is 5.32 Å². The summed E-state index contributed by atoms with van der Waals surface area (Å²) in [4.78, 5) is 4.54. The van der Waals surface area contributed by atoms with Crippen LogP contribution in [0.3, 0.4) is 0 Å². The molecule has 2 nitrogen and oxygen atoms in total. The number of hydrogen-bond acceptors (Lipinski definition) is 2. The van der Waals surface area contributed by atoms with Crippen molar-refractivity contribution in [2.75, 3.05) is 6.54 Å². The first-order valence-electron chi connectivity index (χ1n) is 6.14. The van der Waals surface area contributed by atoms with Crippen molar-refractivity contribution >= 4 is 31.9 Å². The van der Waals surface area contributed by atoms with Gasteiger partial charge in [-0.2, -0.15) is 0 Å². The van der Waals surface area contributed by atoms with Crippen LogP contribution in [0.1, 0.15) is 45.3 Å².